The predicted octanol–water partition coefficient (Wildman–Crippen LogP) is 6.51. The van der Waals surface area contributed by atoms with E-state index in [-0.39, 0.29) is 0 Å². The second kappa shape index (κ2) is 6.47. The van der Waals surface area contributed by atoms with Crippen molar-refractivity contribution in [3.8, 4) is 16.9 Å². The largest absolute Gasteiger partial charge is 0.255 e. The molecule has 136 valence electrons. The highest BCUT2D eigenvalue weighted by Gasteiger charge is 2.17. The lowest BCUT2D eigenvalue weighted by atomic mass is 10.0. The molecule has 2 heterocycles. The van der Waals surface area contributed by atoms with E-state index >= 15 is 0 Å². The van der Waals surface area contributed by atoms with Gasteiger partial charge in [-0.2, -0.15) is 5.10 Å². The predicted molar refractivity (Wildman–Crippen MR) is 116 cm³/mol. The molecule has 3 aromatic carbocycles. The number of hydrogen-bond donors (Lipinski definition) is 0. The van der Waals surface area contributed by atoms with Crippen molar-refractivity contribution in [2.24, 2.45) is 0 Å². The number of nitrogens with zero attached hydrogens (tertiary/aromatic N) is 3. The second-order valence-electron chi connectivity index (χ2n) is 7.15. The summed E-state index contributed by atoms with van der Waals surface area (Å²) in [4.78, 5) is 4.70. The van der Waals surface area contributed by atoms with Gasteiger partial charge in [0, 0.05) is 27.6 Å². The number of pyridine rings is 1. The minimum atomic E-state index is 0.688. The summed E-state index contributed by atoms with van der Waals surface area (Å²) in [7, 11) is 0. The first-order valence-corrected chi connectivity index (χ1v) is 9.59. The molecule has 0 spiro atoms. The molecule has 0 saturated heterocycles. The summed E-state index contributed by atoms with van der Waals surface area (Å²) in [5, 5.41) is 7.80. The van der Waals surface area contributed by atoms with Gasteiger partial charge in [-0.15, -0.1) is 0 Å². The Morgan fingerprint density at radius 3 is 2.39 bits per heavy atom. The molecule has 0 unspecified atom stereocenters. The summed E-state index contributed by atoms with van der Waals surface area (Å²) in [5.74, 6) is 0. The summed E-state index contributed by atoms with van der Waals surface area (Å²) in [6, 6.07) is 22.6. The zero-order valence-electron chi connectivity index (χ0n) is 15.6. The SMILES string of the molecule is Cc1ccc(-c2nn(-c3cccc(Cl)c3)c3c2cnc2ccc(C)cc23)cc1. The van der Waals surface area contributed by atoms with Crippen molar-refractivity contribution >= 4 is 33.4 Å². The van der Waals surface area contributed by atoms with E-state index in [9.17, 15) is 0 Å². The number of aromatic nitrogens is 3. The van der Waals surface area contributed by atoms with Gasteiger partial charge < -0.3 is 0 Å². The van der Waals surface area contributed by atoms with Crippen LogP contribution in [0.1, 0.15) is 11.1 Å². The molecule has 5 aromatic rings. The summed E-state index contributed by atoms with van der Waals surface area (Å²) < 4.78 is 1.99. The van der Waals surface area contributed by atoms with Gasteiger partial charge >= 0.3 is 0 Å². The fourth-order valence-corrected chi connectivity index (χ4v) is 3.80. The van der Waals surface area contributed by atoms with E-state index in [1.807, 2.05) is 35.1 Å². The Balaban J connectivity index is 1.91. The van der Waals surface area contributed by atoms with Crippen LogP contribution in [0.15, 0.2) is 72.9 Å². The number of aryl methyl sites for hydroxylation is 2. The molecule has 2 aromatic heterocycles. The van der Waals surface area contributed by atoms with Gasteiger partial charge in [-0.1, -0.05) is 59.1 Å². The first kappa shape index (κ1) is 17.0. The van der Waals surface area contributed by atoms with Crippen LogP contribution in [0.4, 0.5) is 0 Å². The Hall–Kier alpha value is -3.17. The first-order valence-electron chi connectivity index (χ1n) is 9.21. The molecule has 0 aliphatic rings. The number of hydrogen-bond acceptors (Lipinski definition) is 2. The third-order valence-electron chi connectivity index (χ3n) is 5.04. The van der Waals surface area contributed by atoms with Gasteiger partial charge in [0.15, 0.2) is 0 Å². The van der Waals surface area contributed by atoms with E-state index in [0.717, 1.165) is 38.8 Å². The van der Waals surface area contributed by atoms with Gasteiger partial charge in [0.25, 0.3) is 0 Å². The molecule has 0 bridgehead atoms. The molecule has 0 amide bonds. The number of benzene rings is 3. The lowest BCUT2D eigenvalue weighted by Crippen LogP contribution is -1.97. The minimum Gasteiger partial charge on any atom is -0.255 e. The van der Waals surface area contributed by atoms with E-state index in [0.29, 0.717) is 5.02 Å². The van der Waals surface area contributed by atoms with Crippen molar-refractivity contribution in [3.05, 3.63) is 89.1 Å². The van der Waals surface area contributed by atoms with E-state index < -0.39 is 0 Å². The van der Waals surface area contributed by atoms with E-state index in [4.69, 9.17) is 21.7 Å². The fourth-order valence-electron chi connectivity index (χ4n) is 3.62. The Morgan fingerprint density at radius 2 is 1.61 bits per heavy atom. The third-order valence-corrected chi connectivity index (χ3v) is 5.27. The van der Waals surface area contributed by atoms with Crippen LogP contribution >= 0.6 is 11.6 Å². The molecule has 0 atom stereocenters. The van der Waals surface area contributed by atoms with Crippen LogP contribution in [0.25, 0.3) is 38.8 Å². The molecule has 0 aliphatic heterocycles. The Bertz CT molecular complexity index is 1330. The Morgan fingerprint density at radius 1 is 0.821 bits per heavy atom. The molecule has 0 N–H and O–H groups in total. The topological polar surface area (TPSA) is 30.7 Å². The van der Waals surface area contributed by atoms with Crippen molar-refractivity contribution in [2.45, 2.75) is 13.8 Å². The van der Waals surface area contributed by atoms with Crippen LogP contribution in [0.3, 0.4) is 0 Å². The van der Waals surface area contributed by atoms with Crippen molar-refractivity contribution in [1.29, 1.82) is 0 Å². The molecule has 0 saturated carbocycles. The van der Waals surface area contributed by atoms with Crippen molar-refractivity contribution in [1.82, 2.24) is 14.8 Å². The van der Waals surface area contributed by atoms with Crippen LogP contribution in [0, 0.1) is 13.8 Å². The van der Waals surface area contributed by atoms with Crippen LogP contribution in [-0.2, 0) is 0 Å². The van der Waals surface area contributed by atoms with E-state index in [1.54, 1.807) is 0 Å². The maximum atomic E-state index is 6.28. The van der Waals surface area contributed by atoms with Crippen molar-refractivity contribution in [2.75, 3.05) is 0 Å². The van der Waals surface area contributed by atoms with Gasteiger partial charge in [0.05, 0.1) is 16.7 Å². The highest BCUT2D eigenvalue weighted by atomic mass is 35.5. The van der Waals surface area contributed by atoms with Gasteiger partial charge in [-0.25, -0.2) is 4.68 Å². The molecule has 4 heteroatoms. The zero-order chi connectivity index (χ0) is 19.3. The highest BCUT2D eigenvalue weighted by Crippen LogP contribution is 2.34. The summed E-state index contributed by atoms with van der Waals surface area (Å²) >= 11 is 6.28. The summed E-state index contributed by atoms with van der Waals surface area (Å²) in [6.07, 6.45) is 1.93. The Kier molecular flexibility index (Phi) is 3.92. The van der Waals surface area contributed by atoms with Crippen LogP contribution in [0.2, 0.25) is 5.02 Å². The number of fused-ring (bicyclic) bond motifs is 3. The molecule has 0 radical (unpaired) electrons. The lowest BCUT2D eigenvalue weighted by Gasteiger charge is -2.07. The molecular weight excluding hydrogens is 366 g/mol. The standard InChI is InChI=1S/C24H18ClN3/c1-15-6-9-17(10-7-15)23-21-14-26-22-11-8-16(2)12-20(22)24(21)28(27-23)19-5-3-4-18(25)13-19/h3-14H,1-2H3. The van der Waals surface area contributed by atoms with Gasteiger partial charge in [-0.05, 0) is 44.2 Å². The number of rotatable bonds is 2. The smallest absolute Gasteiger partial charge is 0.102 e. The highest BCUT2D eigenvalue weighted by molar-refractivity contribution is 6.30. The maximum absolute atomic E-state index is 6.28. The summed E-state index contributed by atoms with van der Waals surface area (Å²) in [6.45, 7) is 4.18. The van der Waals surface area contributed by atoms with Crippen LogP contribution in [-0.4, -0.2) is 14.8 Å². The molecule has 0 aliphatic carbocycles. The quantitative estimate of drug-likeness (QED) is 0.348. The number of halogens is 1. The average Bonchev–Trinajstić information content (AvgIpc) is 3.09. The van der Waals surface area contributed by atoms with Crippen molar-refractivity contribution < 1.29 is 0 Å². The molecule has 5 rings (SSSR count). The third kappa shape index (κ3) is 2.76. The molecule has 3 nitrogen and oxygen atoms in total. The van der Waals surface area contributed by atoms with Crippen LogP contribution < -0.4 is 0 Å². The lowest BCUT2D eigenvalue weighted by molar-refractivity contribution is 0.917. The first-order chi connectivity index (χ1) is 13.6. The zero-order valence-corrected chi connectivity index (χ0v) is 16.4. The van der Waals surface area contributed by atoms with Crippen LogP contribution in [0.5, 0.6) is 0 Å². The van der Waals surface area contributed by atoms with Crippen molar-refractivity contribution in [3.63, 3.8) is 0 Å². The van der Waals surface area contributed by atoms with E-state index in [1.165, 1.54) is 11.1 Å². The van der Waals surface area contributed by atoms with Gasteiger partial charge in [0.2, 0.25) is 0 Å². The molecular formula is C24H18ClN3. The Labute approximate surface area is 168 Å². The monoisotopic (exact) mass is 383 g/mol. The minimum absolute atomic E-state index is 0.688. The molecule has 0 fully saturated rings. The second-order valence-corrected chi connectivity index (χ2v) is 7.58. The maximum Gasteiger partial charge on any atom is 0.102 e. The van der Waals surface area contributed by atoms with Gasteiger partial charge in [0.1, 0.15) is 5.69 Å². The van der Waals surface area contributed by atoms with E-state index in [2.05, 4.69) is 56.3 Å². The normalized spacial score (nSPS) is 11.4. The van der Waals surface area contributed by atoms with Gasteiger partial charge in [-0.3, -0.25) is 4.98 Å². The molecule has 28 heavy (non-hydrogen) atoms. The fraction of sp³-hybridized carbons (Fsp3) is 0.0833. The average molecular weight is 384 g/mol. The summed E-state index contributed by atoms with van der Waals surface area (Å²) in [5.41, 5.74) is 7.35.